The highest BCUT2D eigenvalue weighted by atomic mass is 35.5. The van der Waals surface area contributed by atoms with Crippen molar-refractivity contribution >= 4 is 39.5 Å². The largest absolute Gasteiger partial charge is 0.493 e. The molecule has 290 valence electrons. The maximum absolute atomic E-state index is 13.0. The first kappa shape index (κ1) is 39.6. The van der Waals surface area contributed by atoms with Crippen LogP contribution in [0.4, 0.5) is 5.69 Å². The van der Waals surface area contributed by atoms with Gasteiger partial charge in [0.15, 0.2) is 0 Å². The molecule has 3 aliphatic carbocycles. The number of carboxylic acid groups (broad SMARTS) is 1. The number of rotatable bonds is 15. The number of hydrogen-bond acceptors (Lipinski definition) is 9. The van der Waals surface area contributed by atoms with Crippen molar-refractivity contribution in [2.24, 2.45) is 22.6 Å². The van der Waals surface area contributed by atoms with Gasteiger partial charge in [-0.2, -0.15) is 0 Å². The van der Waals surface area contributed by atoms with Crippen molar-refractivity contribution in [3.05, 3.63) is 93.2 Å². The zero-order chi connectivity index (χ0) is 38.5. The standard InChI is InChI=1S/C41H52ClN5O6S/c1-27(26-53-36-12-19-45-35-9-4-6-28(2)38(35)36)22-30-23-29-10-11-33(52-21-20-46-54(50,51)37(43)13-18-44-3)25-34(29)40(30)14-16-41(17-15-40,39(48)49)47-32-8-5-7-31(42)24-32/h5,7-8,10-13,18-19,24-25,27-28,30,46-47H,4,6,9,14-17,20-23,26,43H2,1-3H3,(H,48,49)/b37-13+,44-18?/t27-,28-,30+,40?,41?/m1/s1. The van der Waals surface area contributed by atoms with Gasteiger partial charge in [-0.05, 0) is 135 Å². The third-order valence-electron chi connectivity index (χ3n) is 11.6. The van der Waals surface area contributed by atoms with Gasteiger partial charge in [-0.25, -0.2) is 17.9 Å². The molecule has 0 amide bonds. The zero-order valence-corrected chi connectivity index (χ0v) is 32.9. The van der Waals surface area contributed by atoms with Gasteiger partial charge in [0, 0.05) is 48.0 Å². The van der Waals surface area contributed by atoms with Crippen molar-refractivity contribution in [3.8, 4) is 11.5 Å². The lowest BCUT2D eigenvalue weighted by molar-refractivity contribution is -0.144. The highest BCUT2D eigenvalue weighted by Crippen LogP contribution is 2.56. The van der Waals surface area contributed by atoms with E-state index >= 15 is 0 Å². The molecule has 0 unspecified atom stereocenters. The lowest BCUT2D eigenvalue weighted by Gasteiger charge is -2.47. The minimum Gasteiger partial charge on any atom is -0.493 e. The number of nitrogens with zero attached hydrogens (tertiary/aromatic N) is 2. The van der Waals surface area contributed by atoms with E-state index < -0.39 is 21.5 Å². The van der Waals surface area contributed by atoms with Gasteiger partial charge in [-0.1, -0.05) is 37.6 Å². The van der Waals surface area contributed by atoms with Gasteiger partial charge >= 0.3 is 5.97 Å². The van der Waals surface area contributed by atoms with E-state index in [2.05, 4.69) is 46.0 Å². The molecular formula is C41H52ClN5O6S. The number of hydrogen-bond donors (Lipinski definition) is 4. The van der Waals surface area contributed by atoms with Crippen LogP contribution in [0.5, 0.6) is 11.5 Å². The van der Waals surface area contributed by atoms with E-state index in [1.807, 2.05) is 30.5 Å². The number of aromatic nitrogens is 1. The van der Waals surface area contributed by atoms with Gasteiger partial charge in [0.25, 0.3) is 10.0 Å². The fourth-order valence-electron chi connectivity index (χ4n) is 8.83. The molecule has 5 N–H and O–H groups in total. The summed E-state index contributed by atoms with van der Waals surface area (Å²) in [6, 6.07) is 15.3. The zero-order valence-electron chi connectivity index (χ0n) is 31.3. The van der Waals surface area contributed by atoms with E-state index in [9.17, 15) is 18.3 Å². The first-order valence-corrected chi connectivity index (χ1v) is 20.7. The number of nitrogens with two attached hydrogens (primary N) is 1. The number of aliphatic imine (C=N–C) groups is 1. The number of nitrogens with one attached hydrogen (secondary N) is 2. The molecule has 1 aromatic heterocycles. The van der Waals surface area contributed by atoms with Crippen molar-refractivity contribution in [2.75, 3.05) is 32.1 Å². The number of aliphatic carboxylic acids is 1. The summed E-state index contributed by atoms with van der Waals surface area (Å²) in [6.45, 7) is 5.20. The fraction of sp³-hybridized carbons (Fsp3) is 0.488. The van der Waals surface area contributed by atoms with Crippen LogP contribution in [0.15, 0.2) is 70.8 Å². The fourth-order valence-corrected chi connectivity index (χ4v) is 9.78. The molecule has 0 bridgehead atoms. The molecule has 2 aromatic carbocycles. The predicted octanol–water partition coefficient (Wildman–Crippen LogP) is 7.00. The van der Waals surface area contributed by atoms with Crippen molar-refractivity contribution in [2.45, 2.75) is 88.5 Å². The number of carboxylic acids is 1. The maximum atomic E-state index is 13.0. The monoisotopic (exact) mass is 777 g/mol. The Morgan fingerprint density at radius 2 is 1.96 bits per heavy atom. The molecule has 1 heterocycles. The molecule has 13 heteroatoms. The molecule has 1 fully saturated rings. The van der Waals surface area contributed by atoms with Crippen LogP contribution >= 0.6 is 11.6 Å². The third kappa shape index (κ3) is 8.56. The summed E-state index contributed by atoms with van der Waals surface area (Å²) in [7, 11) is -2.34. The minimum atomic E-state index is -3.87. The first-order valence-electron chi connectivity index (χ1n) is 18.9. The quantitative estimate of drug-likeness (QED) is 0.0940. The summed E-state index contributed by atoms with van der Waals surface area (Å²) < 4.78 is 40.1. The van der Waals surface area contributed by atoms with Crippen LogP contribution in [-0.2, 0) is 33.1 Å². The second-order valence-electron chi connectivity index (χ2n) is 15.2. The Morgan fingerprint density at radius 3 is 2.70 bits per heavy atom. The molecule has 54 heavy (non-hydrogen) atoms. The highest BCUT2D eigenvalue weighted by molar-refractivity contribution is 7.93. The number of ether oxygens (including phenoxy) is 2. The lowest BCUT2D eigenvalue weighted by Crippen LogP contribution is -2.53. The summed E-state index contributed by atoms with van der Waals surface area (Å²) in [5.74, 6) is 1.63. The predicted molar refractivity (Wildman–Crippen MR) is 213 cm³/mol. The molecular weight excluding hydrogens is 726 g/mol. The van der Waals surface area contributed by atoms with Crippen LogP contribution in [0.25, 0.3) is 0 Å². The minimum absolute atomic E-state index is 0.0261. The molecule has 3 aliphatic rings. The van der Waals surface area contributed by atoms with Gasteiger partial charge < -0.3 is 25.6 Å². The highest BCUT2D eigenvalue weighted by Gasteiger charge is 2.54. The number of aryl methyl sites for hydroxylation is 1. The van der Waals surface area contributed by atoms with Crippen LogP contribution < -0.4 is 25.2 Å². The van der Waals surface area contributed by atoms with Crippen molar-refractivity contribution in [1.82, 2.24) is 9.71 Å². The molecule has 0 aliphatic heterocycles. The topological polar surface area (TPSA) is 165 Å². The molecule has 6 rings (SSSR count). The van der Waals surface area contributed by atoms with Crippen molar-refractivity contribution < 1.29 is 27.8 Å². The Hall–Kier alpha value is -4.13. The number of pyridine rings is 1. The van der Waals surface area contributed by atoms with Gasteiger partial charge in [0.05, 0.1) is 6.61 Å². The van der Waals surface area contributed by atoms with Crippen molar-refractivity contribution in [1.29, 1.82) is 0 Å². The van der Waals surface area contributed by atoms with Crippen LogP contribution in [0.3, 0.4) is 0 Å². The summed E-state index contributed by atoms with van der Waals surface area (Å²) in [5, 5.41) is 14.2. The average molecular weight is 778 g/mol. The Bertz CT molecular complexity index is 1990. The second kappa shape index (κ2) is 16.7. The Balaban J connectivity index is 1.21. The average Bonchev–Trinajstić information content (AvgIpc) is 3.43. The normalized spacial score (nSPS) is 24.6. The number of halogens is 1. The number of allylic oxidation sites excluding steroid dienone is 1. The number of carbonyl (C=O) groups is 1. The summed E-state index contributed by atoms with van der Waals surface area (Å²) in [6.07, 6.45) is 11.7. The molecule has 0 radical (unpaired) electrons. The van der Waals surface area contributed by atoms with E-state index in [-0.39, 0.29) is 35.4 Å². The van der Waals surface area contributed by atoms with E-state index in [0.29, 0.717) is 54.7 Å². The lowest BCUT2D eigenvalue weighted by atomic mass is 9.59. The van der Waals surface area contributed by atoms with Crippen LogP contribution in [0.1, 0.15) is 87.1 Å². The Labute approximate surface area is 323 Å². The van der Waals surface area contributed by atoms with Crippen LogP contribution in [-0.4, -0.2) is 63.0 Å². The van der Waals surface area contributed by atoms with E-state index in [1.54, 1.807) is 12.1 Å². The summed E-state index contributed by atoms with van der Waals surface area (Å²) in [5.41, 5.74) is 9.80. The molecule has 1 saturated carbocycles. The Kier molecular flexibility index (Phi) is 12.2. The molecule has 11 nitrogen and oxygen atoms in total. The molecule has 3 atom stereocenters. The van der Waals surface area contributed by atoms with Crippen LogP contribution in [0, 0.1) is 11.8 Å². The third-order valence-corrected chi connectivity index (χ3v) is 13.2. The van der Waals surface area contributed by atoms with E-state index in [0.717, 1.165) is 43.5 Å². The number of sulfonamides is 1. The Morgan fingerprint density at radius 1 is 1.17 bits per heavy atom. The van der Waals surface area contributed by atoms with Gasteiger partial charge in [0.2, 0.25) is 0 Å². The second-order valence-corrected chi connectivity index (χ2v) is 17.4. The van der Waals surface area contributed by atoms with Gasteiger partial charge in [0.1, 0.15) is 28.7 Å². The smallest absolute Gasteiger partial charge is 0.329 e. The van der Waals surface area contributed by atoms with Gasteiger partial charge in [-0.3, -0.25) is 9.98 Å². The number of anilines is 1. The summed E-state index contributed by atoms with van der Waals surface area (Å²) in [4.78, 5) is 21.4. The first-order chi connectivity index (χ1) is 25.9. The SMILES string of the molecule is CN=C/C=C(\N)S(=O)(=O)NCCOc1ccc2c(c1)C1(CCC(Nc3cccc(Cl)c3)(C(=O)O)CC1)[C@@H](C[C@@H](C)COc1ccnc3c1[C@H](C)CCC3)C2. The van der Waals surface area contributed by atoms with E-state index in [1.165, 1.54) is 36.0 Å². The molecule has 3 aromatic rings. The van der Waals surface area contributed by atoms with E-state index in [4.69, 9.17) is 26.8 Å². The molecule has 0 saturated heterocycles. The molecule has 1 spiro atoms. The maximum Gasteiger partial charge on any atom is 0.329 e. The number of fused-ring (bicyclic) bond motifs is 3. The number of benzene rings is 2. The van der Waals surface area contributed by atoms with Crippen LogP contribution in [0.2, 0.25) is 5.02 Å². The van der Waals surface area contributed by atoms with Gasteiger partial charge in [-0.15, -0.1) is 0 Å². The summed E-state index contributed by atoms with van der Waals surface area (Å²) >= 11 is 6.27. The van der Waals surface area contributed by atoms with Crippen molar-refractivity contribution in [3.63, 3.8) is 0 Å².